The average Bonchev–Trinajstić information content (AvgIpc) is 1.41. The molecule has 0 spiro atoms. The molecule has 0 nitrogen and oxygen atoms in total. The third-order valence-electron chi connectivity index (χ3n) is 0.0668. The molecule has 0 aliphatic heterocycles. The van der Waals surface area contributed by atoms with Crippen LogP contribution in [0.15, 0.2) is 0 Å². The number of alkyl halides is 1. The normalized spacial score (nSPS) is 6.75. The molecule has 0 aliphatic rings. The van der Waals surface area contributed by atoms with Crippen molar-refractivity contribution in [2.75, 3.05) is 4.43 Å². The van der Waals surface area contributed by atoms with Crippen LogP contribution < -0.4 is 0 Å². The van der Waals surface area contributed by atoms with Crippen LogP contribution in [0, 0.1) is 12.3 Å². The van der Waals surface area contributed by atoms with Crippen molar-refractivity contribution < 1.29 is 1.37 Å². The molecule has 0 amide bonds. The highest BCUT2D eigenvalue weighted by Gasteiger charge is 1.46. The highest BCUT2D eigenvalue weighted by Crippen LogP contribution is 1.70. The number of terminal acetylenes is 1. The molecule has 0 aromatic rings. The summed E-state index contributed by atoms with van der Waals surface area (Å²) in [6.45, 7) is 0. The van der Waals surface area contributed by atoms with E-state index in [0.717, 1.165) is 4.43 Å². The van der Waals surface area contributed by atoms with E-state index < -0.39 is 0 Å². The Morgan fingerprint density at radius 1 is 2.50 bits per heavy atom. The van der Waals surface area contributed by atoms with Crippen LogP contribution >= 0.6 is 22.6 Å². The molecule has 0 aliphatic carbocycles. The van der Waals surface area contributed by atoms with E-state index >= 15 is 0 Å². The van der Waals surface area contributed by atoms with Crippen molar-refractivity contribution in [2.45, 2.75) is 0 Å². The van der Waals surface area contributed by atoms with Gasteiger partial charge in [0, 0.05) is 0 Å². The first-order valence-electron chi connectivity index (χ1n) is 1.37. The predicted molar refractivity (Wildman–Crippen MR) is 27.7 cm³/mol. The summed E-state index contributed by atoms with van der Waals surface area (Å²) < 4.78 is 7.00. The van der Waals surface area contributed by atoms with E-state index in [2.05, 4.69) is 28.5 Å². The van der Waals surface area contributed by atoms with Crippen molar-refractivity contribution >= 4 is 22.6 Å². The summed E-state index contributed by atoms with van der Waals surface area (Å²) in [6.07, 6.45) is 2.01. The van der Waals surface area contributed by atoms with Crippen LogP contribution in [-0.4, -0.2) is 4.43 Å². The van der Waals surface area contributed by atoms with Gasteiger partial charge >= 0.3 is 0 Å². The molecule has 0 atom stereocenters. The molecule has 0 bridgehead atoms. The third-order valence-corrected chi connectivity index (χ3v) is 0.448. The van der Waals surface area contributed by atoms with E-state index in [1.54, 1.807) is 0 Å². The quantitative estimate of drug-likeness (QED) is 0.288. The van der Waals surface area contributed by atoms with Crippen LogP contribution in [0.25, 0.3) is 0 Å². The Balaban J connectivity index is 2.81. The van der Waals surface area contributed by atoms with Gasteiger partial charge in [0.2, 0.25) is 0 Å². The highest BCUT2D eigenvalue weighted by atomic mass is 127. The molecule has 1 heteroatoms. The van der Waals surface area contributed by atoms with Crippen LogP contribution in [0.1, 0.15) is 1.37 Å². The minimum atomic E-state index is 0.765. The van der Waals surface area contributed by atoms with E-state index in [9.17, 15) is 0 Å². The van der Waals surface area contributed by atoms with Crippen LogP contribution in [0.3, 0.4) is 0 Å². The maximum atomic E-state index is 6.24. The molecule has 4 heavy (non-hydrogen) atoms. The monoisotopic (exact) mass is 168 g/mol. The largest absolute Gasteiger partial charge is 0.124 e. The molecule has 0 unspecified atom stereocenters. The lowest BCUT2D eigenvalue weighted by Gasteiger charge is -1.50. The topological polar surface area (TPSA) is 0 Å². The number of hydrogen-bond acceptors (Lipinski definition) is 0. The summed E-state index contributed by atoms with van der Waals surface area (Å²) in [6, 6.07) is 0. The molecule has 0 radical (unpaired) electrons. The van der Waals surface area contributed by atoms with Gasteiger partial charge in [-0.15, -0.1) is 6.40 Å². The maximum absolute atomic E-state index is 6.24. The minimum absolute atomic E-state index is 0.765. The molecule has 0 aromatic carbocycles. The molecular formula is C3H3I. The SMILES string of the molecule is [3H]C#CCI. The lowest BCUT2D eigenvalue weighted by Crippen LogP contribution is -1.45. The van der Waals surface area contributed by atoms with Crippen LogP contribution in [0.2, 0.25) is 0 Å². The Morgan fingerprint density at radius 2 is 3.25 bits per heavy atom. The van der Waals surface area contributed by atoms with Crippen LogP contribution in [-0.2, 0) is 0 Å². The van der Waals surface area contributed by atoms with Crippen LogP contribution in [0.5, 0.6) is 0 Å². The van der Waals surface area contributed by atoms with Gasteiger partial charge in [-0.1, -0.05) is 28.5 Å². The van der Waals surface area contributed by atoms with Gasteiger partial charge in [-0.05, 0) is 0 Å². The summed E-state index contributed by atoms with van der Waals surface area (Å²) in [5, 5.41) is 0. The summed E-state index contributed by atoms with van der Waals surface area (Å²) in [4.78, 5) is 0. The zero-order valence-corrected chi connectivity index (χ0v) is 4.24. The van der Waals surface area contributed by atoms with Crippen molar-refractivity contribution in [1.82, 2.24) is 0 Å². The molecule has 0 aromatic heterocycles. The molecule has 0 N–H and O–H groups in total. The minimum Gasteiger partial charge on any atom is -0.119 e. The Morgan fingerprint density at radius 3 is 3.25 bits per heavy atom. The van der Waals surface area contributed by atoms with Crippen molar-refractivity contribution in [3.05, 3.63) is 0 Å². The Labute approximate surface area is 41.1 Å². The summed E-state index contributed by atoms with van der Waals surface area (Å²) in [7, 11) is 0. The van der Waals surface area contributed by atoms with Crippen molar-refractivity contribution in [3.8, 4) is 12.3 Å². The van der Waals surface area contributed by atoms with Gasteiger partial charge in [-0.2, -0.15) is 0 Å². The molecule has 0 heterocycles. The van der Waals surface area contributed by atoms with Crippen molar-refractivity contribution in [3.63, 3.8) is 0 Å². The smallest absolute Gasteiger partial charge is 0.119 e. The maximum Gasteiger partial charge on any atom is 0.124 e. The summed E-state index contributed by atoms with van der Waals surface area (Å²) >= 11 is 2.09. The van der Waals surface area contributed by atoms with Crippen molar-refractivity contribution in [2.24, 2.45) is 0 Å². The highest BCUT2D eigenvalue weighted by molar-refractivity contribution is 14.1. The van der Waals surface area contributed by atoms with E-state index in [-0.39, 0.29) is 0 Å². The average molecular weight is 168 g/mol. The van der Waals surface area contributed by atoms with Crippen molar-refractivity contribution in [1.29, 1.82) is 0 Å². The van der Waals surface area contributed by atoms with Gasteiger partial charge in [0.05, 0.1) is 4.43 Å². The van der Waals surface area contributed by atoms with Gasteiger partial charge in [-0.3, -0.25) is 0 Å². The third kappa shape index (κ3) is 2.29. The zero-order valence-electron chi connectivity index (χ0n) is 3.09. The van der Waals surface area contributed by atoms with E-state index in [1.165, 1.54) is 0 Å². The number of halogens is 1. The molecule has 0 saturated carbocycles. The lowest BCUT2D eigenvalue weighted by molar-refractivity contribution is 2.06. The predicted octanol–water partition coefficient (Wildman–Crippen LogP) is 1.05. The second-order valence-electron chi connectivity index (χ2n) is 0.310. The Bertz CT molecular complexity index is 59.0. The van der Waals surface area contributed by atoms with E-state index in [0.29, 0.717) is 0 Å². The molecule has 22 valence electrons. The second-order valence-corrected chi connectivity index (χ2v) is 1.07. The first-order valence-corrected chi connectivity index (χ1v) is 2.40. The first kappa shape index (κ1) is 2.52. The first-order chi connectivity index (χ1) is 2.41. The molecular weight excluding hydrogens is 163 g/mol. The number of hydrogen-bond donors (Lipinski definition) is 0. The lowest BCUT2D eigenvalue weighted by atomic mass is 10.9. The van der Waals surface area contributed by atoms with Crippen LogP contribution in [0.4, 0.5) is 0 Å². The number of rotatable bonds is 0. The standard InChI is InChI=1S/C3H3I/c1-2-3-4/h1H,3H2/i1T. The Kier molecular flexibility index (Phi) is 2.08. The van der Waals surface area contributed by atoms with Gasteiger partial charge in [-0.25, -0.2) is 0 Å². The van der Waals surface area contributed by atoms with Gasteiger partial charge in [0.1, 0.15) is 1.37 Å². The second kappa shape index (κ2) is 3.29. The van der Waals surface area contributed by atoms with Gasteiger partial charge < -0.3 is 0 Å². The zero-order chi connectivity index (χ0) is 4.12. The fourth-order valence-corrected chi connectivity index (χ4v) is 0. The summed E-state index contributed by atoms with van der Waals surface area (Å²) in [5.74, 6) is 2.51. The fraction of sp³-hybridized carbons (Fsp3) is 0.333. The van der Waals surface area contributed by atoms with E-state index in [4.69, 9.17) is 1.37 Å². The van der Waals surface area contributed by atoms with E-state index in [1.807, 2.05) is 6.40 Å². The van der Waals surface area contributed by atoms with Gasteiger partial charge in [0.15, 0.2) is 0 Å². The van der Waals surface area contributed by atoms with Gasteiger partial charge in [0.25, 0.3) is 0 Å². The molecule has 0 rings (SSSR count). The molecule has 0 saturated heterocycles. The fourth-order valence-electron chi connectivity index (χ4n) is 0. The summed E-state index contributed by atoms with van der Waals surface area (Å²) in [5.41, 5.74) is 0. The molecule has 0 fully saturated rings. The Hall–Kier alpha value is 0.290.